The van der Waals surface area contributed by atoms with Gasteiger partial charge in [0.1, 0.15) is 37.2 Å². The first-order valence-electron chi connectivity index (χ1n) is 9.34. The highest BCUT2D eigenvalue weighted by Crippen LogP contribution is 2.12. The van der Waals surface area contributed by atoms with Crippen LogP contribution in [0.15, 0.2) is 103 Å². The van der Waals surface area contributed by atoms with Gasteiger partial charge in [-0.25, -0.2) is 0 Å². The molecule has 0 aliphatic heterocycles. The third-order valence-corrected chi connectivity index (χ3v) is 5.34. The second-order valence-corrected chi connectivity index (χ2v) is 7.33. The summed E-state index contributed by atoms with van der Waals surface area (Å²) in [4.78, 5) is 0. The zero-order valence-corrected chi connectivity index (χ0v) is 16.1. The van der Waals surface area contributed by atoms with Gasteiger partial charge in [0.2, 0.25) is 0 Å². The minimum Gasteiger partial charge on any atom is -0.281 e. The van der Waals surface area contributed by atoms with Gasteiger partial charge in [-0.1, -0.05) is 12.2 Å². The summed E-state index contributed by atoms with van der Waals surface area (Å²) in [7, 11) is 0. The molecular weight excluding hydrogens is 329 g/mol. The van der Waals surface area contributed by atoms with E-state index in [4.69, 9.17) is 0 Å². The van der Waals surface area contributed by atoms with Crippen molar-refractivity contribution in [1.29, 1.82) is 0 Å². The van der Waals surface area contributed by atoms with E-state index in [-0.39, 0.29) is 0 Å². The van der Waals surface area contributed by atoms with Gasteiger partial charge < -0.3 is 0 Å². The average Bonchev–Trinajstić information content (AvgIpc) is 3.21. The SMILES string of the molecule is Cc1cc[n+]([B-](C2=C=CC=C2)([n+]2ccc(C)cc2)[n+]2ccc(C)cc2)cc1. The first-order chi connectivity index (χ1) is 13.1. The van der Waals surface area contributed by atoms with Gasteiger partial charge in [-0.05, 0) is 43.5 Å². The summed E-state index contributed by atoms with van der Waals surface area (Å²) >= 11 is 0. The summed E-state index contributed by atoms with van der Waals surface area (Å²) in [5.41, 5.74) is 8.34. The largest absolute Gasteiger partial charge is 0.845 e. The Kier molecular flexibility index (Phi) is 4.35. The van der Waals surface area contributed by atoms with Gasteiger partial charge in [0.05, 0.1) is 5.47 Å². The molecular formula is C23H24BN3+2. The molecule has 0 saturated heterocycles. The van der Waals surface area contributed by atoms with Crippen LogP contribution in [0.25, 0.3) is 0 Å². The highest BCUT2D eigenvalue weighted by Gasteiger charge is 2.66. The molecule has 3 aromatic heterocycles. The van der Waals surface area contributed by atoms with Crippen molar-refractivity contribution in [2.75, 3.05) is 0 Å². The van der Waals surface area contributed by atoms with E-state index in [1.807, 2.05) is 6.08 Å². The third-order valence-electron chi connectivity index (χ3n) is 5.34. The van der Waals surface area contributed by atoms with E-state index < -0.39 is 6.55 Å². The highest BCUT2D eigenvalue weighted by atomic mass is 15.2. The lowest BCUT2D eigenvalue weighted by molar-refractivity contribution is -0.809. The molecule has 0 bridgehead atoms. The Labute approximate surface area is 160 Å². The molecule has 3 aromatic rings. The van der Waals surface area contributed by atoms with E-state index in [2.05, 4.69) is 126 Å². The Balaban J connectivity index is 2.09. The van der Waals surface area contributed by atoms with Gasteiger partial charge in [-0.3, -0.25) is 13.4 Å². The number of hydrogen-bond donors (Lipinski definition) is 0. The van der Waals surface area contributed by atoms with E-state index in [1.165, 1.54) is 16.7 Å². The van der Waals surface area contributed by atoms with Crippen LogP contribution in [0, 0.1) is 20.8 Å². The average molecular weight is 353 g/mol. The zero-order chi connectivity index (χ0) is 18.9. The molecule has 0 amide bonds. The fourth-order valence-electron chi connectivity index (χ4n) is 3.79. The van der Waals surface area contributed by atoms with E-state index >= 15 is 0 Å². The Morgan fingerprint density at radius 2 is 1.00 bits per heavy atom. The Morgan fingerprint density at radius 1 is 0.630 bits per heavy atom. The number of pyridine rings is 3. The van der Waals surface area contributed by atoms with Gasteiger partial charge in [0, 0.05) is 36.4 Å². The van der Waals surface area contributed by atoms with Crippen molar-refractivity contribution in [3.63, 3.8) is 0 Å². The van der Waals surface area contributed by atoms with Crippen LogP contribution in [0.4, 0.5) is 0 Å². The van der Waals surface area contributed by atoms with Gasteiger partial charge in [0.25, 0.3) is 0 Å². The lowest BCUT2D eigenvalue weighted by Crippen LogP contribution is -2.95. The number of aryl methyl sites for hydroxylation is 3. The quantitative estimate of drug-likeness (QED) is 0.505. The van der Waals surface area contributed by atoms with Crippen molar-refractivity contribution in [2.45, 2.75) is 20.8 Å². The van der Waals surface area contributed by atoms with Crippen LogP contribution < -0.4 is 13.4 Å². The standard InChI is InChI=1S/C23H24BN3/c1-20-8-14-25(15-9-20)24(23-6-4-5-7-23,26-16-10-21(2)11-17-26)27-18-12-22(3)13-19-27/h4-6,8-19H,1-3H3/q+2. The molecule has 3 nitrogen and oxygen atoms in total. The van der Waals surface area contributed by atoms with Crippen LogP contribution in [0.3, 0.4) is 0 Å². The van der Waals surface area contributed by atoms with Gasteiger partial charge in [-0.2, -0.15) is 0 Å². The van der Waals surface area contributed by atoms with Gasteiger partial charge >= 0.3 is 6.55 Å². The Bertz CT molecular complexity index is 945. The third kappa shape index (κ3) is 2.94. The molecule has 1 aliphatic carbocycles. The second-order valence-electron chi connectivity index (χ2n) is 7.33. The minimum atomic E-state index is -1.52. The topological polar surface area (TPSA) is 11.6 Å². The second kappa shape index (κ2) is 6.83. The Morgan fingerprint density at radius 3 is 1.30 bits per heavy atom. The van der Waals surface area contributed by atoms with E-state index in [1.54, 1.807) is 0 Å². The monoisotopic (exact) mass is 353 g/mol. The molecule has 0 fully saturated rings. The van der Waals surface area contributed by atoms with Crippen molar-refractivity contribution in [1.82, 2.24) is 0 Å². The van der Waals surface area contributed by atoms with Crippen LogP contribution >= 0.6 is 0 Å². The van der Waals surface area contributed by atoms with Crippen LogP contribution in [0.2, 0.25) is 0 Å². The summed E-state index contributed by atoms with van der Waals surface area (Å²) < 4.78 is 6.89. The van der Waals surface area contributed by atoms with Gasteiger partial charge in [0.15, 0.2) is 0 Å². The van der Waals surface area contributed by atoms with Crippen LogP contribution in [-0.4, -0.2) is 6.55 Å². The van der Waals surface area contributed by atoms with Crippen molar-refractivity contribution < 1.29 is 13.4 Å². The number of rotatable bonds is 4. The highest BCUT2D eigenvalue weighted by molar-refractivity contribution is 6.63. The molecule has 4 rings (SSSR count). The smallest absolute Gasteiger partial charge is 0.281 e. The van der Waals surface area contributed by atoms with Crippen molar-refractivity contribution in [3.05, 3.63) is 120 Å². The molecule has 27 heavy (non-hydrogen) atoms. The van der Waals surface area contributed by atoms with Crippen LogP contribution in [0.5, 0.6) is 0 Å². The van der Waals surface area contributed by atoms with Crippen molar-refractivity contribution >= 4 is 6.55 Å². The normalized spacial score (nSPS) is 13.1. The summed E-state index contributed by atoms with van der Waals surface area (Å²) in [6.45, 7) is 4.83. The molecule has 0 radical (unpaired) electrons. The molecule has 0 spiro atoms. The molecule has 0 saturated carbocycles. The maximum Gasteiger partial charge on any atom is 0.845 e. The van der Waals surface area contributed by atoms with Crippen molar-refractivity contribution in [3.8, 4) is 0 Å². The summed E-state index contributed by atoms with van der Waals surface area (Å²) in [6, 6.07) is 12.9. The molecule has 1 aliphatic rings. The molecule has 132 valence electrons. The summed E-state index contributed by atoms with van der Waals surface area (Å²) in [6.07, 6.45) is 19.2. The predicted molar refractivity (Wildman–Crippen MR) is 107 cm³/mol. The van der Waals surface area contributed by atoms with E-state index in [0.29, 0.717) is 0 Å². The zero-order valence-electron chi connectivity index (χ0n) is 16.1. The van der Waals surface area contributed by atoms with Crippen molar-refractivity contribution in [2.24, 2.45) is 0 Å². The van der Waals surface area contributed by atoms with Gasteiger partial charge in [-0.15, -0.1) is 5.73 Å². The van der Waals surface area contributed by atoms with E-state index in [9.17, 15) is 0 Å². The Hall–Kier alpha value is -3.23. The maximum absolute atomic E-state index is 3.48. The predicted octanol–water partition coefficient (Wildman–Crippen LogP) is 2.55. The number of allylic oxidation sites excluding steroid dienone is 3. The summed E-state index contributed by atoms with van der Waals surface area (Å²) in [5, 5.41) is 0. The lowest BCUT2D eigenvalue weighted by Gasteiger charge is -2.22. The number of nitrogens with zero attached hydrogens (tertiary/aromatic N) is 3. The van der Waals surface area contributed by atoms with Crippen LogP contribution in [-0.2, 0) is 0 Å². The fourth-order valence-corrected chi connectivity index (χ4v) is 3.79. The molecule has 0 aromatic carbocycles. The maximum atomic E-state index is 3.48. The molecule has 0 unspecified atom stereocenters. The molecule has 3 heterocycles. The lowest BCUT2D eigenvalue weighted by atomic mass is 9.51. The number of aromatic nitrogens is 3. The number of hydrogen-bond acceptors (Lipinski definition) is 0. The fraction of sp³-hybridized carbons (Fsp3) is 0.130. The molecule has 0 N–H and O–H groups in total. The molecule has 0 atom stereocenters. The summed E-state index contributed by atoms with van der Waals surface area (Å²) in [5.74, 6) is 0. The van der Waals surface area contributed by atoms with Crippen LogP contribution in [0.1, 0.15) is 16.7 Å². The first-order valence-corrected chi connectivity index (χ1v) is 9.34. The minimum absolute atomic E-state index is 1.13. The van der Waals surface area contributed by atoms with E-state index in [0.717, 1.165) is 5.47 Å². The first kappa shape index (κ1) is 17.2. The molecule has 4 heteroatoms.